The zero-order chi connectivity index (χ0) is 21.0. The van der Waals surface area contributed by atoms with Gasteiger partial charge in [0, 0.05) is 6.04 Å². The van der Waals surface area contributed by atoms with Gasteiger partial charge in [-0.05, 0) is 38.0 Å². The summed E-state index contributed by atoms with van der Waals surface area (Å²) in [5.74, 6) is -0.513. The summed E-state index contributed by atoms with van der Waals surface area (Å²) >= 11 is 1.14. The van der Waals surface area contributed by atoms with Gasteiger partial charge < -0.3 is 15.2 Å². The van der Waals surface area contributed by atoms with Crippen LogP contribution in [-0.2, 0) is 16.1 Å². The van der Waals surface area contributed by atoms with E-state index in [2.05, 4.69) is 10.3 Å². The highest BCUT2D eigenvalue weighted by Gasteiger charge is 2.19. The second-order valence-electron chi connectivity index (χ2n) is 7.22. The number of fused-ring (bicyclic) bond motifs is 1. The molecule has 1 aromatic heterocycles. The maximum Gasteiger partial charge on any atom is 0.337 e. The van der Waals surface area contributed by atoms with Crippen LogP contribution in [0.4, 0.5) is 0 Å². The molecule has 9 heteroatoms. The van der Waals surface area contributed by atoms with Crippen molar-refractivity contribution >= 4 is 34.5 Å². The second kappa shape index (κ2) is 9.41. The van der Waals surface area contributed by atoms with Crippen LogP contribution in [0.1, 0.15) is 43.0 Å². The minimum atomic E-state index is -0.757. The zero-order valence-electron chi connectivity index (χ0n) is 16.5. The van der Waals surface area contributed by atoms with Gasteiger partial charge in [-0.25, -0.2) is 9.78 Å². The average molecular weight is 420 g/mol. The Morgan fingerprint density at radius 1 is 1.38 bits per heavy atom. The van der Waals surface area contributed by atoms with E-state index in [0.29, 0.717) is 16.1 Å². The van der Waals surface area contributed by atoms with E-state index in [4.69, 9.17) is 4.74 Å². The lowest BCUT2D eigenvalue weighted by molar-refractivity contribution is -0.119. The number of benzene rings is 1. The molecule has 1 heterocycles. The minimum Gasteiger partial charge on any atom is -0.465 e. The van der Waals surface area contributed by atoms with Gasteiger partial charge in [0.15, 0.2) is 5.16 Å². The van der Waals surface area contributed by atoms with Gasteiger partial charge in [-0.3, -0.25) is 14.2 Å². The number of ether oxygens (including phenoxy) is 1. The molecule has 29 heavy (non-hydrogen) atoms. The predicted octanol–water partition coefficient (Wildman–Crippen LogP) is 1.71. The number of hydrogen-bond donors (Lipinski definition) is 2. The Balaban J connectivity index is 1.90. The van der Waals surface area contributed by atoms with Crippen molar-refractivity contribution in [3.05, 3.63) is 34.1 Å². The van der Waals surface area contributed by atoms with Gasteiger partial charge >= 0.3 is 5.97 Å². The normalized spacial score (nSPS) is 15.4. The number of hydrogen-bond acceptors (Lipinski definition) is 7. The third kappa shape index (κ3) is 5.16. The summed E-state index contributed by atoms with van der Waals surface area (Å²) in [5, 5.41) is 13.5. The minimum absolute atomic E-state index is 0.0626. The van der Waals surface area contributed by atoms with Crippen LogP contribution in [0.2, 0.25) is 0 Å². The van der Waals surface area contributed by atoms with Crippen molar-refractivity contribution in [1.29, 1.82) is 0 Å². The number of methoxy groups -OCH3 is 1. The van der Waals surface area contributed by atoms with Crippen molar-refractivity contribution in [2.45, 2.75) is 56.5 Å². The molecule has 1 amide bonds. The lowest BCUT2D eigenvalue weighted by atomic mass is 10.1. The first kappa shape index (κ1) is 21.3. The molecule has 156 valence electrons. The molecule has 1 fully saturated rings. The molecule has 1 aromatic carbocycles. The van der Waals surface area contributed by atoms with Crippen molar-refractivity contribution in [2.75, 3.05) is 12.9 Å². The molecule has 2 aromatic rings. The molecule has 3 rings (SSSR count). The van der Waals surface area contributed by atoms with Crippen molar-refractivity contribution < 1.29 is 19.4 Å². The number of nitrogens with zero attached hydrogens (tertiary/aromatic N) is 2. The number of aromatic nitrogens is 2. The Bertz CT molecular complexity index is 966. The van der Waals surface area contributed by atoms with Crippen LogP contribution in [0.5, 0.6) is 0 Å². The van der Waals surface area contributed by atoms with E-state index in [1.807, 2.05) is 0 Å². The van der Waals surface area contributed by atoms with Crippen LogP contribution in [-0.4, -0.2) is 51.5 Å². The largest absolute Gasteiger partial charge is 0.465 e. The first-order valence-corrected chi connectivity index (χ1v) is 10.6. The fourth-order valence-corrected chi connectivity index (χ4v) is 4.27. The molecule has 1 aliphatic rings. The number of thioether (sulfide) groups is 1. The maximum atomic E-state index is 12.9. The molecular weight excluding hydrogens is 394 g/mol. The summed E-state index contributed by atoms with van der Waals surface area (Å²) < 4.78 is 6.10. The number of nitrogens with one attached hydrogen (secondary N) is 1. The SMILES string of the molecule is COC(=O)c1ccc2c(=O)n(C[C@@H](C)O)c(SCC(=O)NC3CCCC3)nc2c1. The number of esters is 1. The molecule has 1 atom stereocenters. The summed E-state index contributed by atoms with van der Waals surface area (Å²) in [7, 11) is 1.28. The van der Waals surface area contributed by atoms with Crippen molar-refractivity contribution in [1.82, 2.24) is 14.9 Å². The molecule has 8 nitrogen and oxygen atoms in total. The average Bonchev–Trinajstić information content (AvgIpc) is 3.20. The summed E-state index contributed by atoms with van der Waals surface area (Å²) in [6.07, 6.45) is 3.48. The Labute approximate surface area is 172 Å². The van der Waals surface area contributed by atoms with Gasteiger partial charge in [0.2, 0.25) is 5.91 Å². The highest BCUT2D eigenvalue weighted by atomic mass is 32.2. The standard InChI is InChI=1S/C20H25N3O5S/c1-12(24)10-23-18(26)15-8-7-13(19(27)28-2)9-16(15)22-20(23)29-11-17(25)21-14-5-3-4-6-14/h7-9,12,14,24H,3-6,10-11H2,1-2H3,(H,21,25)/t12-/m1/s1. The number of carbonyl (C=O) groups excluding carboxylic acids is 2. The van der Waals surface area contributed by atoms with Gasteiger partial charge in [-0.2, -0.15) is 0 Å². The van der Waals surface area contributed by atoms with E-state index >= 15 is 0 Å². The summed E-state index contributed by atoms with van der Waals surface area (Å²) in [4.78, 5) is 41.5. The van der Waals surface area contributed by atoms with Crippen LogP contribution in [0.15, 0.2) is 28.2 Å². The van der Waals surface area contributed by atoms with Crippen molar-refractivity contribution in [3.63, 3.8) is 0 Å². The molecular formula is C20H25N3O5S. The van der Waals surface area contributed by atoms with Crippen LogP contribution < -0.4 is 10.9 Å². The zero-order valence-corrected chi connectivity index (χ0v) is 17.3. The van der Waals surface area contributed by atoms with E-state index in [0.717, 1.165) is 37.4 Å². The summed E-state index contributed by atoms with van der Waals surface area (Å²) in [6, 6.07) is 4.75. The number of amides is 1. The Morgan fingerprint density at radius 3 is 2.76 bits per heavy atom. The van der Waals surface area contributed by atoms with Crippen LogP contribution in [0, 0.1) is 0 Å². The second-order valence-corrected chi connectivity index (χ2v) is 8.16. The Hall–Kier alpha value is -2.39. The fraction of sp³-hybridized carbons (Fsp3) is 0.500. The molecule has 0 aliphatic heterocycles. The summed E-state index contributed by atoms with van der Waals surface area (Å²) in [6.45, 7) is 1.64. The first-order valence-electron chi connectivity index (χ1n) is 9.62. The number of carbonyl (C=O) groups is 2. The topological polar surface area (TPSA) is 111 Å². The van der Waals surface area contributed by atoms with Crippen LogP contribution >= 0.6 is 11.8 Å². The smallest absolute Gasteiger partial charge is 0.337 e. The quantitative estimate of drug-likeness (QED) is 0.399. The van der Waals surface area contributed by atoms with Crippen LogP contribution in [0.25, 0.3) is 10.9 Å². The first-order chi connectivity index (χ1) is 13.9. The summed E-state index contributed by atoms with van der Waals surface area (Å²) in [5.41, 5.74) is 0.305. The molecule has 2 N–H and O–H groups in total. The lowest BCUT2D eigenvalue weighted by Crippen LogP contribution is -2.34. The van der Waals surface area contributed by atoms with E-state index in [1.165, 1.54) is 29.9 Å². The molecule has 1 saturated carbocycles. The van der Waals surface area contributed by atoms with Crippen molar-refractivity contribution in [3.8, 4) is 0 Å². The molecule has 0 radical (unpaired) electrons. The maximum absolute atomic E-state index is 12.9. The van der Waals surface area contributed by atoms with Crippen LogP contribution in [0.3, 0.4) is 0 Å². The highest BCUT2D eigenvalue weighted by molar-refractivity contribution is 7.99. The van der Waals surface area contributed by atoms with Crippen molar-refractivity contribution in [2.24, 2.45) is 0 Å². The van der Waals surface area contributed by atoms with Gasteiger partial charge in [0.25, 0.3) is 5.56 Å². The number of aliphatic hydroxyl groups excluding tert-OH is 1. The molecule has 0 spiro atoms. The molecule has 0 bridgehead atoms. The van der Waals surface area contributed by atoms with E-state index in [1.54, 1.807) is 6.92 Å². The van der Waals surface area contributed by atoms with Gasteiger partial charge in [-0.15, -0.1) is 0 Å². The third-order valence-electron chi connectivity index (χ3n) is 4.84. The Morgan fingerprint density at radius 2 is 2.10 bits per heavy atom. The third-order valence-corrected chi connectivity index (χ3v) is 5.82. The van der Waals surface area contributed by atoms with Gasteiger partial charge in [0.1, 0.15) is 0 Å². The fourth-order valence-electron chi connectivity index (χ4n) is 3.45. The lowest BCUT2D eigenvalue weighted by Gasteiger charge is -2.15. The van der Waals surface area contributed by atoms with Gasteiger partial charge in [0.05, 0.1) is 42.0 Å². The number of rotatable bonds is 7. The molecule has 1 aliphatic carbocycles. The van der Waals surface area contributed by atoms with E-state index in [-0.39, 0.29) is 35.4 Å². The predicted molar refractivity (Wildman–Crippen MR) is 110 cm³/mol. The Kier molecular flexibility index (Phi) is 6.92. The van der Waals surface area contributed by atoms with Gasteiger partial charge in [-0.1, -0.05) is 24.6 Å². The van der Waals surface area contributed by atoms with E-state index < -0.39 is 12.1 Å². The van der Waals surface area contributed by atoms with E-state index in [9.17, 15) is 19.5 Å². The monoisotopic (exact) mass is 419 g/mol. The number of aliphatic hydroxyl groups is 1. The molecule has 0 unspecified atom stereocenters. The molecule has 0 saturated heterocycles. The highest BCUT2D eigenvalue weighted by Crippen LogP contribution is 2.21.